The maximum atomic E-state index is 11.7. The van der Waals surface area contributed by atoms with E-state index < -0.39 is 11.9 Å². The summed E-state index contributed by atoms with van der Waals surface area (Å²) in [5, 5.41) is 15.1. The van der Waals surface area contributed by atoms with Crippen molar-refractivity contribution in [2.24, 2.45) is 13.0 Å². The Morgan fingerprint density at radius 3 is 2.74 bits per heavy atom. The number of hydrogen-bond acceptors (Lipinski definition) is 4. The Morgan fingerprint density at radius 2 is 2.16 bits per heavy atom. The van der Waals surface area contributed by atoms with Crippen LogP contribution < -0.4 is 10.9 Å². The summed E-state index contributed by atoms with van der Waals surface area (Å²) in [6.45, 7) is 2.00. The molecule has 1 amide bonds. The van der Waals surface area contributed by atoms with Gasteiger partial charge in [-0.05, 0) is 18.9 Å². The van der Waals surface area contributed by atoms with Crippen molar-refractivity contribution in [1.82, 2.24) is 15.1 Å². The van der Waals surface area contributed by atoms with Crippen LogP contribution in [0.15, 0.2) is 16.9 Å². The van der Waals surface area contributed by atoms with Gasteiger partial charge in [-0.2, -0.15) is 5.10 Å². The predicted octanol–water partition coefficient (Wildman–Crippen LogP) is 0.0110. The van der Waals surface area contributed by atoms with Gasteiger partial charge in [-0.1, -0.05) is 6.92 Å². The quantitative estimate of drug-likeness (QED) is 0.707. The molecule has 7 nitrogen and oxygen atoms in total. The molecule has 2 N–H and O–H groups in total. The van der Waals surface area contributed by atoms with Crippen LogP contribution in [0.2, 0.25) is 0 Å². The smallest absolute Gasteiger partial charge is 0.306 e. The molecule has 0 radical (unpaired) electrons. The summed E-state index contributed by atoms with van der Waals surface area (Å²) >= 11 is 0. The predicted molar refractivity (Wildman–Crippen MR) is 67.8 cm³/mol. The molecule has 1 aromatic heterocycles. The van der Waals surface area contributed by atoms with Crippen molar-refractivity contribution in [3.05, 3.63) is 28.2 Å². The minimum atomic E-state index is -0.842. The van der Waals surface area contributed by atoms with Gasteiger partial charge in [-0.15, -0.1) is 0 Å². The summed E-state index contributed by atoms with van der Waals surface area (Å²) in [6.07, 6.45) is 1.07. The monoisotopic (exact) mass is 267 g/mol. The standard InChI is InChI=1S/C12H17N3O4/c1-8(12(18)19)4-3-7-13-11(17)9-5-6-10(16)15(2)14-9/h5-6,8H,3-4,7H2,1-2H3,(H,13,17)(H,18,19). The number of nitrogens with zero attached hydrogens (tertiary/aromatic N) is 2. The number of carboxylic acid groups (broad SMARTS) is 1. The van der Waals surface area contributed by atoms with Gasteiger partial charge in [0.2, 0.25) is 0 Å². The van der Waals surface area contributed by atoms with Crippen LogP contribution in [0.5, 0.6) is 0 Å². The number of hydrogen-bond donors (Lipinski definition) is 2. The van der Waals surface area contributed by atoms with E-state index in [-0.39, 0.29) is 17.2 Å². The lowest BCUT2D eigenvalue weighted by molar-refractivity contribution is -0.141. The topological polar surface area (TPSA) is 101 Å². The van der Waals surface area contributed by atoms with E-state index in [1.165, 1.54) is 19.2 Å². The summed E-state index contributed by atoms with van der Waals surface area (Å²) in [5.41, 5.74) is -0.125. The van der Waals surface area contributed by atoms with E-state index in [2.05, 4.69) is 10.4 Å². The molecule has 1 heterocycles. The average molecular weight is 267 g/mol. The van der Waals surface area contributed by atoms with Crippen molar-refractivity contribution in [1.29, 1.82) is 0 Å². The summed E-state index contributed by atoms with van der Waals surface area (Å²) in [5.74, 6) is -1.64. The van der Waals surface area contributed by atoms with Crippen LogP contribution in [0.3, 0.4) is 0 Å². The molecule has 0 saturated heterocycles. The number of amides is 1. The fourth-order valence-electron chi connectivity index (χ4n) is 1.45. The molecule has 0 aliphatic rings. The maximum absolute atomic E-state index is 11.7. The van der Waals surface area contributed by atoms with Crippen molar-refractivity contribution in [2.75, 3.05) is 6.54 Å². The lowest BCUT2D eigenvalue weighted by Crippen LogP contribution is -2.29. The van der Waals surface area contributed by atoms with Gasteiger partial charge in [-0.25, -0.2) is 4.68 Å². The number of aromatic nitrogens is 2. The van der Waals surface area contributed by atoms with E-state index in [4.69, 9.17) is 5.11 Å². The Hall–Kier alpha value is -2.18. The zero-order chi connectivity index (χ0) is 14.4. The average Bonchev–Trinajstić information content (AvgIpc) is 2.37. The molecule has 19 heavy (non-hydrogen) atoms. The zero-order valence-electron chi connectivity index (χ0n) is 10.9. The van der Waals surface area contributed by atoms with E-state index in [9.17, 15) is 14.4 Å². The first-order chi connectivity index (χ1) is 8.91. The SMILES string of the molecule is CC(CCCNC(=O)c1ccc(=O)n(C)n1)C(=O)O. The van der Waals surface area contributed by atoms with Gasteiger partial charge in [-0.3, -0.25) is 14.4 Å². The number of carbonyl (C=O) groups is 2. The maximum Gasteiger partial charge on any atom is 0.306 e. The van der Waals surface area contributed by atoms with Gasteiger partial charge in [0.05, 0.1) is 5.92 Å². The van der Waals surface area contributed by atoms with E-state index in [0.717, 1.165) is 4.68 Å². The van der Waals surface area contributed by atoms with Gasteiger partial charge in [0.25, 0.3) is 11.5 Å². The van der Waals surface area contributed by atoms with Gasteiger partial charge in [0.15, 0.2) is 0 Å². The van der Waals surface area contributed by atoms with Gasteiger partial charge < -0.3 is 10.4 Å². The molecular weight excluding hydrogens is 250 g/mol. The highest BCUT2D eigenvalue weighted by atomic mass is 16.4. The molecule has 1 aromatic rings. The van der Waals surface area contributed by atoms with Crippen LogP contribution in [0.25, 0.3) is 0 Å². The van der Waals surface area contributed by atoms with Crippen LogP contribution >= 0.6 is 0 Å². The molecule has 0 spiro atoms. The van der Waals surface area contributed by atoms with Crippen LogP contribution in [-0.2, 0) is 11.8 Å². The molecule has 0 aromatic carbocycles. The highest BCUT2D eigenvalue weighted by Gasteiger charge is 2.11. The van der Waals surface area contributed by atoms with Gasteiger partial charge >= 0.3 is 5.97 Å². The molecule has 0 saturated carbocycles. The van der Waals surface area contributed by atoms with Crippen molar-refractivity contribution >= 4 is 11.9 Å². The first-order valence-electron chi connectivity index (χ1n) is 5.97. The Kier molecular flexibility index (Phi) is 5.23. The molecule has 1 unspecified atom stereocenters. The van der Waals surface area contributed by atoms with E-state index in [1.807, 2.05) is 0 Å². The summed E-state index contributed by atoms with van der Waals surface area (Å²) < 4.78 is 1.08. The van der Waals surface area contributed by atoms with Crippen molar-refractivity contribution in [2.45, 2.75) is 19.8 Å². The molecule has 0 bridgehead atoms. The summed E-state index contributed by atoms with van der Waals surface area (Å²) in [4.78, 5) is 33.4. The molecular formula is C12H17N3O4. The van der Waals surface area contributed by atoms with Crippen molar-refractivity contribution in [3.63, 3.8) is 0 Å². The first kappa shape index (κ1) is 14.9. The number of aliphatic carboxylic acids is 1. The van der Waals surface area contributed by atoms with Crippen LogP contribution in [0.4, 0.5) is 0 Å². The number of nitrogens with one attached hydrogen (secondary N) is 1. The molecule has 0 aliphatic carbocycles. The number of carbonyl (C=O) groups excluding carboxylic acids is 1. The fourth-order valence-corrected chi connectivity index (χ4v) is 1.45. The van der Waals surface area contributed by atoms with Gasteiger partial charge in [0, 0.05) is 19.7 Å². The minimum absolute atomic E-state index is 0.161. The summed E-state index contributed by atoms with van der Waals surface area (Å²) in [6, 6.07) is 2.63. The van der Waals surface area contributed by atoms with Crippen LogP contribution in [0, 0.1) is 5.92 Å². The molecule has 1 atom stereocenters. The van der Waals surface area contributed by atoms with E-state index in [1.54, 1.807) is 6.92 Å². The number of carboxylic acids is 1. The lowest BCUT2D eigenvalue weighted by Gasteiger charge is -2.07. The lowest BCUT2D eigenvalue weighted by atomic mass is 10.1. The summed E-state index contributed by atoms with van der Waals surface area (Å²) in [7, 11) is 1.47. The molecule has 7 heteroatoms. The second-order valence-electron chi connectivity index (χ2n) is 4.32. The van der Waals surface area contributed by atoms with Gasteiger partial charge in [0.1, 0.15) is 5.69 Å². The highest BCUT2D eigenvalue weighted by Crippen LogP contribution is 2.04. The Morgan fingerprint density at radius 1 is 1.47 bits per heavy atom. The van der Waals surface area contributed by atoms with E-state index >= 15 is 0 Å². The third-order valence-corrected chi connectivity index (χ3v) is 2.71. The molecule has 0 fully saturated rings. The number of rotatable bonds is 6. The Balaban J connectivity index is 2.41. The van der Waals surface area contributed by atoms with Crippen LogP contribution in [-0.4, -0.2) is 33.3 Å². The highest BCUT2D eigenvalue weighted by molar-refractivity contribution is 5.91. The van der Waals surface area contributed by atoms with Crippen molar-refractivity contribution < 1.29 is 14.7 Å². The minimum Gasteiger partial charge on any atom is -0.481 e. The van der Waals surface area contributed by atoms with Crippen molar-refractivity contribution in [3.8, 4) is 0 Å². The molecule has 0 aliphatic heterocycles. The zero-order valence-corrected chi connectivity index (χ0v) is 10.9. The largest absolute Gasteiger partial charge is 0.481 e. The van der Waals surface area contributed by atoms with Crippen LogP contribution in [0.1, 0.15) is 30.3 Å². The normalized spacial score (nSPS) is 11.9. The second-order valence-corrected chi connectivity index (χ2v) is 4.32. The second kappa shape index (κ2) is 6.67. The first-order valence-corrected chi connectivity index (χ1v) is 5.97. The number of aryl methyl sites for hydroxylation is 1. The Bertz CT molecular complexity index is 524. The fraction of sp³-hybridized carbons (Fsp3) is 0.500. The molecule has 1 rings (SSSR count). The van der Waals surface area contributed by atoms with E-state index in [0.29, 0.717) is 19.4 Å². The third-order valence-electron chi connectivity index (χ3n) is 2.71. The third kappa shape index (κ3) is 4.53. The Labute approximate surface area is 110 Å². The molecule has 104 valence electrons.